The van der Waals surface area contributed by atoms with E-state index >= 15 is 0 Å². The van der Waals surface area contributed by atoms with E-state index in [0.29, 0.717) is 0 Å². The standard InChI is InChI=1S/C18H17N/c1-2-19-17(15-9-5-3-6-10-15)13-14-18(19)16-11-7-4-8-12-16/h3-14H,2H2,1H3. The van der Waals surface area contributed by atoms with E-state index in [1.807, 2.05) is 0 Å². The Kier molecular flexibility index (Phi) is 3.20. The first-order valence-corrected chi connectivity index (χ1v) is 6.70. The maximum atomic E-state index is 2.37. The molecule has 0 amide bonds. The number of hydrogen-bond acceptors (Lipinski definition) is 0. The lowest BCUT2D eigenvalue weighted by molar-refractivity contribution is 0.785. The van der Waals surface area contributed by atoms with Gasteiger partial charge in [-0.3, -0.25) is 0 Å². The Morgan fingerprint density at radius 3 is 1.42 bits per heavy atom. The normalized spacial score (nSPS) is 10.6. The first kappa shape index (κ1) is 11.8. The molecule has 0 aliphatic heterocycles. The zero-order chi connectivity index (χ0) is 13.1. The molecule has 0 bridgehead atoms. The first-order valence-electron chi connectivity index (χ1n) is 6.70. The summed E-state index contributed by atoms with van der Waals surface area (Å²) in [5.74, 6) is 0. The van der Waals surface area contributed by atoms with Crippen LogP contribution in [0.15, 0.2) is 72.8 Å². The molecule has 3 rings (SSSR count). The van der Waals surface area contributed by atoms with E-state index in [9.17, 15) is 0 Å². The van der Waals surface area contributed by atoms with Crippen LogP contribution in [0.3, 0.4) is 0 Å². The second-order valence-electron chi connectivity index (χ2n) is 4.58. The number of nitrogens with zero attached hydrogens (tertiary/aromatic N) is 1. The molecule has 1 heteroatoms. The summed E-state index contributed by atoms with van der Waals surface area (Å²) in [7, 11) is 0. The molecule has 0 aliphatic carbocycles. The third-order valence-corrected chi connectivity index (χ3v) is 3.44. The maximum Gasteiger partial charge on any atom is 0.0485 e. The molecule has 1 heterocycles. The molecule has 0 N–H and O–H groups in total. The zero-order valence-corrected chi connectivity index (χ0v) is 11.1. The van der Waals surface area contributed by atoms with Crippen LogP contribution in [0.5, 0.6) is 0 Å². The highest BCUT2D eigenvalue weighted by atomic mass is 15.0. The van der Waals surface area contributed by atoms with E-state index in [4.69, 9.17) is 0 Å². The molecule has 19 heavy (non-hydrogen) atoms. The van der Waals surface area contributed by atoms with Crippen molar-refractivity contribution in [1.29, 1.82) is 0 Å². The fourth-order valence-corrected chi connectivity index (χ4v) is 2.53. The van der Waals surface area contributed by atoms with Crippen molar-refractivity contribution in [2.24, 2.45) is 0 Å². The third-order valence-electron chi connectivity index (χ3n) is 3.44. The molecule has 0 atom stereocenters. The van der Waals surface area contributed by atoms with Crippen molar-refractivity contribution in [1.82, 2.24) is 4.57 Å². The van der Waals surface area contributed by atoms with Crippen LogP contribution in [0.2, 0.25) is 0 Å². The molecule has 0 spiro atoms. The molecule has 2 aromatic carbocycles. The average Bonchev–Trinajstić information content (AvgIpc) is 2.93. The van der Waals surface area contributed by atoms with Gasteiger partial charge in [-0.2, -0.15) is 0 Å². The maximum absolute atomic E-state index is 2.37. The van der Waals surface area contributed by atoms with Crippen molar-refractivity contribution in [3.63, 3.8) is 0 Å². The van der Waals surface area contributed by atoms with Gasteiger partial charge in [0.25, 0.3) is 0 Å². The highest BCUT2D eigenvalue weighted by Gasteiger charge is 2.09. The summed E-state index contributed by atoms with van der Waals surface area (Å²) in [4.78, 5) is 0. The Morgan fingerprint density at radius 1 is 0.632 bits per heavy atom. The minimum atomic E-state index is 0.974. The molecule has 94 valence electrons. The Morgan fingerprint density at radius 2 is 1.05 bits per heavy atom. The van der Waals surface area contributed by atoms with E-state index in [1.165, 1.54) is 22.5 Å². The van der Waals surface area contributed by atoms with Gasteiger partial charge < -0.3 is 4.57 Å². The number of aromatic nitrogens is 1. The van der Waals surface area contributed by atoms with Crippen molar-refractivity contribution >= 4 is 0 Å². The van der Waals surface area contributed by atoms with Gasteiger partial charge in [0.1, 0.15) is 0 Å². The van der Waals surface area contributed by atoms with Gasteiger partial charge in [0, 0.05) is 17.9 Å². The van der Waals surface area contributed by atoms with Crippen LogP contribution in [-0.4, -0.2) is 4.57 Å². The number of benzene rings is 2. The molecule has 3 aromatic rings. The Bertz CT molecular complexity index is 594. The highest BCUT2D eigenvalue weighted by molar-refractivity contribution is 5.69. The summed E-state index contributed by atoms with van der Waals surface area (Å²) in [6.45, 7) is 3.17. The molecule has 0 saturated heterocycles. The second-order valence-corrected chi connectivity index (χ2v) is 4.58. The molecule has 1 nitrogen and oxygen atoms in total. The summed E-state index contributed by atoms with van der Waals surface area (Å²) in [6.07, 6.45) is 0. The fraction of sp³-hybridized carbons (Fsp3) is 0.111. The van der Waals surface area contributed by atoms with Gasteiger partial charge in [-0.15, -0.1) is 0 Å². The predicted octanol–water partition coefficient (Wildman–Crippen LogP) is 4.84. The van der Waals surface area contributed by atoms with Crippen LogP contribution in [0.25, 0.3) is 22.5 Å². The van der Waals surface area contributed by atoms with Gasteiger partial charge in [-0.25, -0.2) is 0 Å². The lowest BCUT2D eigenvalue weighted by Gasteiger charge is -2.11. The van der Waals surface area contributed by atoms with Gasteiger partial charge in [-0.1, -0.05) is 60.7 Å². The Hall–Kier alpha value is -2.28. The number of rotatable bonds is 3. The molecule has 0 fully saturated rings. The Balaban J connectivity index is 2.13. The topological polar surface area (TPSA) is 4.93 Å². The van der Waals surface area contributed by atoms with Crippen molar-refractivity contribution in [3.8, 4) is 22.5 Å². The summed E-state index contributed by atoms with van der Waals surface area (Å²) < 4.78 is 2.37. The monoisotopic (exact) mass is 247 g/mol. The van der Waals surface area contributed by atoms with Crippen molar-refractivity contribution < 1.29 is 0 Å². The largest absolute Gasteiger partial charge is 0.341 e. The van der Waals surface area contributed by atoms with Gasteiger partial charge in [-0.05, 0) is 30.2 Å². The molecule has 0 radical (unpaired) electrons. The van der Waals surface area contributed by atoms with Gasteiger partial charge >= 0.3 is 0 Å². The van der Waals surface area contributed by atoms with Crippen LogP contribution in [0.1, 0.15) is 6.92 Å². The van der Waals surface area contributed by atoms with Crippen LogP contribution in [0.4, 0.5) is 0 Å². The quantitative estimate of drug-likeness (QED) is 0.624. The van der Waals surface area contributed by atoms with E-state index < -0.39 is 0 Å². The van der Waals surface area contributed by atoms with Crippen LogP contribution in [-0.2, 0) is 6.54 Å². The van der Waals surface area contributed by atoms with E-state index in [1.54, 1.807) is 0 Å². The summed E-state index contributed by atoms with van der Waals surface area (Å²) in [5.41, 5.74) is 5.10. The highest BCUT2D eigenvalue weighted by Crippen LogP contribution is 2.28. The van der Waals surface area contributed by atoms with E-state index in [2.05, 4.69) is 84.3 Å². The number of hydrogen-bond donors (Lipinski definition) is 0. The predicted molar refractivity (Wildman–Crippen MR) is 81.0 cm³/mol. The average molecular weight is 247 g/mol. The van der Waals surface area contributed by atoms with Gasteiger partial charge in [0.2, 0.25) is 0 Å². The molecular formula is C18H17N. The molecule has 0 aliphatic rings. The van der Waals surface area contributed by atoms with Crippen LogP contribution < -0.4 is 0 Å². The third kappa shape index (κ3) is 2.19. The SMILES string of the molecule is CCn1c(-c2ccccc2)ccc1-c1ccccc1. The molecule has 1 aromatic heterocycles. The zero-order valence-electron chi connectivity index (χ0n) is 11.1. The van der Waals surface area contributed by atoms with E-state index in [0.717, 1.165) is 6.54 Å². The summed E-state index contributed by atoms with van der Waals surface area (Å²) in [6, 6.07) is 25.5. The van der Waals surface area contributed by atoms with E-state index in [-0.39, 0.29) is 0 Å². The molecule has 0 unspecified atom stereocenters. The Labute approximate surface area is 114 Å². The van der Waals surface area contributed by atoms with Gasteiger partial charge in [0.05, 0.1) is 0 Å². The first-order chi connectivity index (χ1) is 9.40. The van der Waals surface area contributed by atoms with Crippen LogP contribution >= 0.6 is 0 Å². The van der Waals surface area contributed by atoms with Crippen molar-refractivity contribution in [2.45, 2.75) is 13.5 Å². The lowest BCUT2D eigenvalue weighted by Crippen LogP contribution is -1.99. The molecular weight excluding hydrogens is 230 g/mol. The second kappa shape index (κ2) is 5.15. The lowest BCUT2D eigenvalue weighted by atomic mass is 10.1. The van der Waals surface area contributed by atoms with Crippen molar-refractivity contribution in [2.75, 3.05) is 0 Å². The van der Waals surface area contributed by atoms with Gasteiger partial charge in [0.15, 0.2) is 0 Å². The minimum absolute atomic E-state index is 0.974. The smallest absolute Gasteiger partial charge is 0.0485 e. The summed E-state index contributed by atoms with van der Waals surface area (Å²) in [5, 5.41) is 0. The minimum Gasteiger partial charge on any atom is -0.341 e. The van der Waals surface area contributed by atoms with Crippen LogP contribution in [0, 0.1) is 0 Å². The molecule has 0 saturated carbocycles. The van der Waals surface area contributed by atoms with Crippen molar-refractivity contribution in [3.05, 3.63) is 72.8 Å². The fourth-order valence-electron chi connectivity index (χ4n) is 2.53. The summed E-state index contributed by atoms with van der Waals surface area (Å²) >= 11 is 0.